The molecule has 0 spiro atoms. The Labute approximate surface area is 123 Å². The fraction of sp³-hybridized carbons (Fsp3) is 0.500. The Morgan fingerprint density at radius 1 is 1.29 bits per heavy atom. The summed E-state index contributed by atoms with van der Waals surface area (Å²) in [7, 11) is -3.73. The maximum atomic E-state index is 12.2. The first kappa shape index (κ1) is 15.9. The number of aliphatic hydroxyl groups is 1. The molecule has 1 aromatic carbocycles. The summed E-state index contributed by atoms with van der Waals surface area (Å²) in [6, 6.07) is 5.26. The lowest BCUT2D eigenvalue weighted by molar-refractivity contribution is 0.0696. The van der Waals surface area contributed by atoms with Crippen molar-refractivity contribution in [3.8, 4) is 0 Å². The van der Waals surface area contributed by atoms with E-state index in [1.807, 2.05) is 0 Å². The van der Waals surface area contributed by atoms with Gasteiger partial charge >= 0.3 is 5.97 Å². The molecule has 2 unspecified atom stereocenters. The van der Waals surface area contributed by atoms with Crippen molar-refractivity contribution in [2.24, 2.45) is 11.8 Å². The van der Waals surface area contributed by atoms with Crippen molar-refractivity contribution in [2.45, 2.75) is 24.2 Å². The van der Waals surface area contributed by atoms with Gasteiger partial charge in [-0.2, -0.15) is 0 Å². The van der Waals surface area contributed by atoms with E-state index >= 15 is 0 Å². The maximum Gasteiger partial charge on any atom is 0.335 e. The number of carboxylic acid groups (broad SMARTS) is 1. The second-order valence-electron chi connectivity index (χ2n) is 5.32. The number of rotatable bonds is 6. The summed E-state index contributed by atoms with van der Waals surface area (Å²) >= 11 is 0. The van der Waals surface area contributed by atoms with Crippen molar-refractivity contribution in [2.75, 3.05) is 13.2 Å². The van der Waals surface area contributed by atoms with Crippen LogP contribution in [0.4, 0.5) is 0 Å². The van der Waals surface area contributed by atoms with Gasteiger partial charge in [-0.3, -0.25) is 0 Å². The van der Waals surface area contributed by atoms with E-state index in [-0.39, 0.29) is 35.4 Å². The fourth-order valence-corrected chi connectivity index (χ4v) is 3.86. The number of sulfonamides is 1. The molecule has 0 heterocycles. The predicted molar refractivity (Wildman–Crippen MR) is 76.5 cm³/mol. The average molecular weight is 313 g/mol. The maximum absolute atomic E-state index is 12.2. The topological polar surface area (TPSA) is 104 Å². The van der Waals surface area contributed by atoms with Gasteiger partial charge in [-0.25, -0.2) is 17.9 Å². The van der Waals surface area contributed by atoms with E-state index in [0.29, 0.717) is 0 Å². The lowest BCUT2D eigenvalue weighted by atomic mass is 9.97. The van der Waals surface area contributed by atoms with Crippen molar-refractivity contribution in [3.63, 3.8) is 0 Å². The molecule has 1 fully saturated rings. The van der Waals surface area contributed by atoms with E-state index in [1.165, 1.54) is 18.2 Å². The van der Waals surface area contributed by atoms with Gasteiger partial charge in [0.1, 0.15) is 0 Å². The average Bonchev–Trinajstić information content (AvgIpc) is 2.93. The lowest BCUT2D eigenvalue weighted by Gasteiger charge is -2.17. The zero-order valence-electron chi connectivity index (χ0n) is 11.5. The van der Waals surface area contributed by atoms with Crippen LogP contribution >= 0.6 is 0 Å². The highest BCUT2D eigenvalue weighted by Crippen LogP contribution is 2.30. The first-order valence-electron chi connectivity index (χ1n) is 6.88. The van der Waals surface area contributed by atoms with Crippen LogP contribution in [0.15, 0.2) is 29.2 Å². The Kier molecular flexibility index (Phi) is 4.97. The van der Waals surface area contributed by atoms with Gasteiger partial charge in [-0.1, -0.05) is 12.5 Å². The fourth-order valence-electron chi connectivity index (χ4n) is 2.72. The van der Waals surface area contributed by atoms with Gasteiger partial charge < -0.3 is 10.2 Å². The Morgan fingerprint density at radius 2 is 2.00 bits per heavy atom. The first-order chi connectivity index (χ1) is 9.94. The zero-order valence-corrected chi connectivity index (χ0v) is 12.3. The third-order valence-electron chi connectivity index (χ3n) is 3.98. The summed E-state index contributed by atoms with van der Waals surface area (Å²) < 4.78 is 26.9. The number of hydrogen-bond acceptors (Lipinski definition) is 4. The van der Waals surface area contributed by atoms with E-state index in [1.54, 1.807) is 0 Å². The number of aromatic carboxylic acids is 1. The normalized spacial score (nSPS) is 22.3. The molecule has 0 radical (unpaired) electrons. The highest BCUT2D eigenvalue weighted by molar-refractivity contribution is 7.89. The molecular formula is C14H19NO5S. The molecule has 0 aromatic heterocycles. The van der Waals surface area contributed by atoms with E-state index in [0.717, 1.165) is 25.3 Å². The van der Waals surface area contributed by atoms with Crippen molar-refractivity contribution in [1.29, 1.82) is 0 Å². The monoisotopic (exact) mass is 313 g/mol. The van der Waals surface area contributed by atoms with Crippen LogP contribution in [-0.4, -0.2) is 37.8 Å². The van der Waals surface area contributed by atoms with E-state index < -0.39 is 16.0 Å². The number of hydrogen-bond donors (Lipinski definition) is 3. The molecule has 21 heavy (non-hydrogen) atoms. The summed E-state index contributed by atoms with van der Waals surface area (Å²) in [5, 5.41) is 18.1. The molecule has 0 aliphatic heterocycles. The molecule has 1 aliphatic carbocycles. The minimum Gasteiger partial charge on any atom is -0.478 e. The van der Waals surface area contributed by atoms with Crippen LogP contribution in [0, 0.1) is 11.8 Å². The summed E-state index contributed by atoms with van der Waals surface area (Å²) in [6.45, 7) is 0.339. The molecule has 0 amide bonds. The number of nitrogens with one attached hydrogen (secondary N) is 1. The SMILES string of the molecule is O=C(O)c1cccc(S(=O)(=O)NCC2CCCC2CO)c1. The van der Waals surface area contributed by atoms with Gasteiger partial charge in [-0.05, 0) is 42.9 Å². The Balaban J connectivity index is 2.08. The number of carboxylic acids is 1. The molecule has 1 saturated carbocycles. The van der Waals surface area contributed by atoms with Gasteiger partial charge in [0, 0.05) is 13.2 Å². The predicted octanol–water partition coefficient (Wildman–Crippen LogP) is 1.07. The van der Waals surface area contributed by atoms with Crippen molar-refractivity contribution >= 4 is 16.0 Å². The second kappa shape index (κ2) is 6.55. The van der Waals surface area contributed by atoms with Crippen LogP contribution in [0.5, 0.6) is 0 Å². The number of carbonyl (C=O) groups is 1. The highest BCUT2D eigenvalue weighted by Gasteiger charge is 2.28. The minimum atomic E-state index is -3.73. The van der Waals surface area contributed by atoms with Crippen molar-refractivity contribution in [1.82, 2.24) is 4.72 Å². The third-order valence-corrected chi connectivity index (χ3v) is 5.40. The first-order valence-corrected chi connectivity index (χ1v) is 8.36. The third kappa shape index (κ3) is 3.81. The van der Waals surface area contributed by atoms with Gasteiger partial charge in [0.05, 0.1) is 10.5 Å². The quantitative estimate of drug-likeness (QED) is 0.729. The molecule has 2 atom stereocenters. The van der Waals surface area contributed by atoms with Gasteiger partial charge in [0.15, 0.2) is 0 Å². The molecule has 7 heteroatoms. The summed E-state index contributed by atoms with van der Waals surface area (Å²) in [4.78, 5) is 10.8. The van der Waals surface area contributed by atoms with Gasteiger partial charge in [0.2, 0.25) is 10.0 Å². The van der Waals surface area contributed by atoms with E-state index in [4.69, 9.17) is 5.11 Å². The zero-order chi connectivity index (χ0) is 15.5. The van der Waals surface area contributed by atoms with Crippen molar-refractivity contribution < 1.29 is 23.4 Å². The highest BCUT2D eigenvalue weighted by atomic mass is 32.2. The molecule has 1 aromatic rings. The smallest absolute Gasteiger partial charge is 0.335 e. The molecule has 6 nitrogen and oxygen atoms in total. The van der Waals surface area contributed by atoms with Gasteiger partial charge in [-0.15, -0.1) is 0 Å². The standard InChI is InChI=1S/C14H19NO5S/c16-9-12-5-1-4-11(12)8-15-21(19,20)13-6-2-3-10(7-13)14(17)18/h2-3,6-7,11-12,15-16H,1,4-5,8-9H2,(H,17,18). The number of benzene rings is 1. The minimum absolute atomic E-state index is 0.0547. The van der Waals surface area contributed by atoms with Crippen LogP contribution in [-0.2, 0) is 10.0 Å². The Bertz CT molecular complexity index is 614. The summed E-state index contributed by atoms with van der Waals surface area (Å²) in [5.74, 6) is -0.895. The molecule has 0 bridgehead atoms. The molecule has 1 aliphatic rings. The van der Waals surface area contributed by atoms with Crippen LogP contribution in [0.2, 0.25) is 0 Å². The molecule has 0 saturated heterocycles. The molecular weight excluding hydrogens is 294 g/mol. The van der Waals surface area contributed by atoms with Crippen molar-refractivity contribution in [3.05, 3.63) is 29.8 Å². The largest absolute Gasteiger partial charge is 0.478 e. The summed E-state index contributed by atoms with van der Waals surface area (Å²) in [5.41, 5.74) is -0.0630. The molecule has 2 rings (SSSR count). The number of aliphatic hydroxyl groups excluding tert-OH is 1. The van der Waals surface area contributed by atoms with E-state index in [9.17, 15) is 18.3 Å². The van der Waals surface area contributed by atoms with Crippen LogP contribution in [0.25, 0.3) is 0 Å². The Hall–Kier alpha value is -1.44. The van der Waals surface area contributed by atoms with Crippen LogP contribution in [0.1, 0.15) is 29.6 Å². The van der Waals surface area contributed by atoms with E-state index in [2.05, 4.69) is 4.72 Å². The van der Waals surface area contributed by atoms with Crippen LogP contribution < -0.4 is 4.72 Å². The summed E-state index contributed by atoms with van der Waals surface area (Å²) in [6.07, 6.45) is 2.80. The molecule has 3 N–H and O–H groups in total. The van der Waals surface area contributed by atoms with Gasteiger partial charge in [0.25, 0.3) is 0 Å². The Morgan fingerprint density at radius 3 is 2.67 bits per heavy atom. The van der Waals surface area contributed by atoms with Crippen LogP contribution in [0.3, 0.4) is 0 Å². The lowest BCUT2D eigenvalue weighted by Crippen LogP contribution is -2.31. The molecule has 116 valence electrons. The second-order valence-corrected chi connectivity index (χ2v) is 7.09.